The number of halogens is 2. The summed E-state index contributed by atoms with van der Waals surface area (Å²) < 4.78 is 1.51. The molecule has 130 valence electrons. The monoisotopic (exact) mass is 438 g/mol. The van der Waals surface area contributed by atoms with E-state index in [1.54, 1.807) is 24.2 Å². The summed E-state index contributed by atoms with van der Waals surface area (Å²) in [5.41, 5.74) is 1.84. The smallest absolute Gasteiger partial charge is 0.0809 e. The van der Waals surface area contributed by atoms with E-state index in [2.05, 4.69) is 89.2 Å². The average molecular weight is 441 g/mol. The number of rotatable bonds is 0. The number of allylic oxidation sites excluding steroid dienone is 4. The van der Waals surface area contributed by atoms with Gasteiger partial charge in [0.25, 0.3) is 0 Å². The normalized spacial score (nSPS) is 11.9. The van der Waals surface area contributed by atoms with Gasteiger partial charge in [-0.15, -0.1) is 36.1 Å². The molecule has 0 amide bonds. The summed E-state index contributed by atoms with van der Waals surface area (Å²) in [5.74, 6) is 0. The van der Waals surface area contributed by atoms with E-state index >= 15 is 0 Å². The van der Waals surface area contributed by atoms with Crippen LogP contribution < -0.4 is 24.8 Å². The van der Waals surface area contributed by atoms with Gasteiger partial charge >= 0.3 is 41.3 Å². The van der Waals surface area contributed by atoms with Gasteiger partial charge in [0, 0.05) is 0 Å². The maximum Gasteiger partial charge on any atom is -0.0809 e. The van der Waals surface area contributed by atoms with E-state index in [1.165, 1.54) is 19.6 Å². The Morgan fingerprint density at radius 1 is 1.08 bits per heavy atom. The fourth-order valence-corrected chi connectivity index (χ4v) is 1.97. The largest absolute Gasteiger partial charge is 1.00 e. The Morgan fingerprint density at radius 2 is 1.67 bits per heavy atom. The van der Waals surface area contributed by atoms with E-state index < -0.39 is 0 Å². The van der Waals surface area contributed by atoms with Crippen LogP contribution in [-0.4, -0.2) is 3.21 Å². The second kappa shape index (κ2) is 12.9. The quantitative estimate of drug-likeness (QED) is 0.508. The minimum Gasteiger partial charge on any atom is -1.00 e. The molecule has 1 aliphatic carbocycles. The fourth-order valence-electron chi connectivity index (χ4n) is 1.97. The molecule has 0 saturated carbocycles. The summed E-state index contributed by atoms with van der Waals surface area (Å²) in [7, 11) is 0. The zero-order chi connectivity index (χ0) is 16.6. The van der Waals surface area contributed by atoms with Gasteiger partial charge in [0.15, 0.2) is 0 Å². The van der Waals surface area contributed by atoms with Crippen LogP contribution in [-0.2, 0) is 24.2 Å². The van der Waals surface area contributed by atoms with Gasteiger partial charge in [-0.2, -0.15) is 23.1 Å². The molecule has 2 aromatic rings. The Balaban J connectivity index is 0. The molecular formula is C21H26Cl2Zr-2. The minimum atomic E-state index is 0. The first kappa shape index (κ1) is 25.9. The van der Waals surface area contributed by atoms with E-state index in [1.807, 2.05) is 6.08 Å². The van der Waals surface area contributed by atoms with Crippen molar-refractivity contribution in [2.24, 2.45) is 5.41 Å². The molecule has 0 atom stereocenters. The second-order valence-electron chi connectivity index (χ2n) is 6.64. The third-order valence-electron chi connectivity index (χ3n) is 3.21. The summed E-state index contributed by atoms with van der Waals surface area (Å²) in [6.07, 6.45) is 8.37. The molecule has 0 nitrogen and oxygen atoms in total. The van der Waals surface area contributed by atoms with Crippen molar-refractivity contribution in [3.8, 4) is 0 Å². The molecular weight excluding hydrogens is 414 g/mol. The van der Waals surface area contributed by atoms with Crippen molar-refractivity contribution in [3.63, 3.8) is 0 Å². The van der Waals surface area contributed by atoms with Crippen LogP contribution in [0.5, 0.6) is 0 Å². The third-order valence-corrected chi connectivity index (χ3v) is 3.21. The second-order valence-corrected chi connectivity index (χ2v) is 9.10. The van der Waals surface area contributed by atoms with E-state index in [-0.39, 0.29) is 24.8 Å². The summed E-state index contributed by atoms with van der Waals surface area (Å²) in [6, 6.07) is 14.7. The van der Waals surface area contributed by atoms with Gasteiger partial charge in [0.1, 0.15) is 0 Å². The van der Waals surface area contributed by atoms with Crippen molar-refractivity contribution in [2.75, 3.05) is 0 Å². The maximum absolute atomic E-state index is 3.16. The van der Waals surface area contributed by atoms with Crippen LogP contribution in [0.1, 0.15) is 41.0 Å². The first-order valence-electron chi connectivity index (χ1n) is 7.69. The Morgan fingerprint density at radius 3 is 2.08 bits per heavy atom. The predicted octanol–water partition coefficient (Wildman–Crippen LogP) is 0.0341. The molecule has 0 spiro atoms. The van der Waals surface area contributed by atoms with Gasteiger partial charge in [-0.25, -0.2) is 12.2 Å². The summed E-state index contributed by atoms with van der Waals surface area (Å²) >= 11 is 1.55. The fraction of sp³-hybridized carbons (Fsp3) is 0.333. The molecule has 1 aliphatic rings. The zero-order valence-corrected chi connectivity index (χ0v) is 19.1. The molecule has 0 aromatic heterocycles. The number of hydrogen-bond acceptors (Lipinski definition) is 0. The van der Waals surface area contributed by atoms with E-state index in [0.29, 0.717) is 5.41 Å². The topological polar surface area (TPSA) is 0 Å². The van der Waals surface area contributed by atoms with Crippen LogP contribution in [0.25, 0.3) is 10.8 Å². The van der Waals surface area contributed by atoms with Crippen LogP contribution in [0.4, 0.5) is 0 Å². The van der Waals surface area contributed by atoms with Crippen LogP contribution in [0.2, 0.25) is 0 Å². The summed E-state index contributed by atoms with van der Waals surface area (Å²) in [5, 5.41) is 2.66. The van der Waals surface area contributed by atoms with Crippen molar-refractivity contribution >= 4 is 14.0 Å². The zero-order valence-electron chi connectivity index (χ0n) is 15.2. The van der Waals surface area contributed by atoms with Gasteiger partial charge in [-0.3, -0.25) is 6.08 Å². The average Bonchev–Trinajstić information content (AvgIpc) is 3.10. The molecule has 3 rings (SSSR count). The first-order valence-corrected chi connectivity index (χ1v) is 8.92. The van der Waals surface area contributed by atoms with Crippen molar-refractivity contribution in [1.29, 1.82) is 0 Å². The molecule has 0 unspecified atom stereocenters. The van der Waals surface area contributed by atoms with Gasteiger partial charge in [-0.05, 0) is 5.41 Å². The van der Waals surface area contributed by atoms with Crippen molar-refractivity contribution < 1.29 is 49.0 Å². The van der Waals surface area contributed by atoms with Gasteiger partial charge < -0.3 is 24.8 Å². The van der Waals surface area contributed by atoms with Crippen molar-refractivity contribution in [2.45, 2.75) is 41.0 Å². The molecule has 0 fully saturated rings. The van der Waals surface area contributed by atoms with E-state index in [0.717, 1.165) is 6.42 Å². The number of benzene rings is 1. The van der Waals surface area contributed by atoms with Crippen LogP contribution in [0.15, 0.2) is 60.2 Å². The third kappa shape index (κ3) is 10.5. The minimum absolute atomic E-state index is 0. The Labute approximate surface area is 174 Å². The summed E-state index contributed by atoms with van der Waals surface area (Å²) in [6.45, 7) is 11.0. The molecule has 3 heteroatoms. The SMILES string of the molecule is CC(C)(C)C1=CC=[C-]C1.C[C](C)=[Zr+2].[Cl-].[Cl-].c1ccc2[cH-]ccc2c1. The maximum atomic E-state index is 3.16. The predicted molar refractivity (Wildman–Crippen MR) is 95.9 cm³/mol. The summed E-state index contributed by atoms with van der Waals surface area (Å²) in [4.78, 5) is 0. The number of fused-ring (bicyclic) bond motifs is 1. The molecule has 0 N–H and O–H groups in total. The van der Waals surface area contributed by atoms with Gasteiger partial charge in [-0.1, -0.05) is 26.8 Å². The van der Waals surface area contributed by atoms with Crippen molar-refractivity contribution in [3.05, 3.63) is 66.3 Å². The molecule has 0 saturated heterocycles. The standard InChI is InChI=1S/C9H7.C9H13.C3H6.2ClH.Zr/c1-2-5-9-7-3-6-8(9)4-1;1-9(2,3)8-6-4-5-7-8;1-3-2;;;/h1-7H;4,6H,7H2,1-3H3;1-2H3;2*1H;/q2*-1;;;;+2/p-2. The first-order chi connectivity index (χ1) is 10.3. The Bertz CT molecular complexity index is 624. The molecule has 24 heavy (non-hydrogen) atoms. The van der Waals surface area contributed by atoms with Gasteiger partial charge in [0.2, 0.25) is 0 Å². The van der Waals surface area contributed by atoms with Crippen LogP contribution >= 0.6 is 0 Å². The Hall–Kier alpha value is -0.357. The number of hydrogen-bond donors (Lipinski definition) is 0. The van der Waals surface area contributed by atoms with E-state index in [9.17, 15) is 0 Å². The van der Waals surface area contributed by atoms with Gasteiger partial charge in [0.05, 0.1) is 0 Å². The van der Waals surface area contributed by atoms with Crippen molar-refractivity contribution in [1.82, 2.24) is 0 Å². The van der Waals surface area contributed by atoms with Crippen LogP contribution in [0.3, 0.4) is 0 Å². The molecule has 0 aliphatic heterocycles. The molecule has 0 bridgehead atoms. The van der Waals surface area contributed by atoms with E-state index in [4.69, 9.17) is 0 Å². The molecule has 0 heterocycles. The molecule has 2 aromatic carbocycles. The Kier molecular flexibility index (Phi) is 13.9. The van der Waals surface area contributed by atoms with Crippen LogP contribution in [0, 0.1) is 11.5 Å². The molecule has 0 radical (unpaired) electrons.